The zero-order valence-electron chi connectivity index (χ0n) is 18.0. The quantitative estimate of drug-likeness (QED) is 0.315. The number of nitrogens with one attached hydrogen (secondary N) is 1. The van der Waals surface area contributed by atoms with E-state index in [-0.39, 0.29) is 5.92 Å². The average molecular weight is 448 g/mol. The lowest BCUT2D eigenvalue weighted by Crippen LogP contribution is -2.15. The first kappa shape index (κ1) is 20.0. The maximum atomic E-state index is 6.58. The zero-order valence-corrected chi connectivity index (χ0v) is 18.8. The Morgan fingerprint density at radius 1 is 0.818 bits per heavy atom. The summed E-state index contributed by atoms with van der Waals surface area (Å²) in [6.07, 6.45) is 2.80. The molecule has 1 aromatic heterocycles. The molecule has 1 N–H and O–H groups in total. The van der Waals surface area contributed by atoms with Crippen molar-refractivity contribution in [3.05, 3.63) is 124 Å². The van der Waals surface area contributed by atoms with Gasteiger partial charge in [0, 0.05) is 29.2 Å². The summed E-state index contributed by atoms with van der Waals surface area (Å²) < 4.78 is 0. The molecule has 0 aliphatic heterocycles. The minimum Gasteiger partial charge on any atom is -0.350 e. The van der Waals surface area contributed by atoms with E-state index in [9.17, 15) is 0 Å². The largest absolute Gasteiger partial charge is 0.350 e. The first-order valence-electron chi connectivity index (χ1n) is 11.2. The molecule has 4 aromatic carbocycles. The Kier molecular flexibility index (Phi) is 5.04. The van der Waals surface area contributed by atoms with Crippen LogP contribution in [-0.4, -0.2) is 9.97 Å². The summed E-state index contributed by atoms with van der Waals surface area (Å²) in [6.45, 7) is 0.671. The lowest BCUT2D eigenvalue weighted by molar-refractivity contribution is 0.782. The second-order valence-corrected chi connectivity index (χ2v) is 8.83. The van der Waals surface area contributed by atoms with Gasteiger partial charge >= 0.3 is 0 Å². The summed E-state index contributed by atoms with van der Waals surface area (Å²) in [4.78, 5) is 9.60. The fourth-order valence-electron chi connectivity index (χ4n) is 4.88. The van der Waals surface area contributed by atoms with Crippen LogP contribution in [0.4, 0.5) is 5.95 Å². The predicted molar refractivity (Wildman–Crippen MR) is 136 cm³/mol. The molecule has 4 heteroatoms. The van der Waals surface area contributed by atoms with E-state index >= 15 is 0 Å². The molecule has 0 saturated carbocycles. The highest BCUT2D eigenvalue weighted by Gasteiger charge is 2.28. The fraction of sp³-hybridized carbons (Fsp3) is 0.103. The van der Waals surface area contributed by atoms with Gasteiger partial charge in [-0.15, -0.1) is 0 Å². The Morgan fingerprint density at radius 2 is 1.58 bits per heavy atom. The third-order valence-corrected chi connectivity index (χ3v) is 6.82. The van der Waals surface area contributed by atoms with Crippen molar-refractivity contribution in [3.63, 3.8) is 0 Å². The molecular formula is C29H22ClN3. The highest BCUT2D eigenvalue weighted by molar-refractivity contribution is 6.31. The van der Waals surface area contributed by atoms with Gasteiger partial charge in [-0.2, -0.15) is 0 Å². The molecule has 0 bridgehead atoms. The summed E-state index contributed by atoms with van der Waals surface area (Å²) in [6, 6.07) is 31.5. The second kappa shape index (κ2) is 8.34. The van der Waals surface area contributed by atoms with Crippen LogP contribution in [0.2, 0.25) is 5.02 Å². The molecule has 1 aliphatic rings. The van der Waals surface area contributed by atoms with Gasteiger partial charge in [0.15, 0.2) is 0 Å². The van der Waals surface area contributed by atoms with Crippen LogP contribution in [0.1, 0.15) is 28.2 Å². The van der Waals surface area contributed by atoms with E-state index in [1.165, 1.54) is 21.9 Å². The van der Waals surface area contributed by atoms with Crippen LogP contribution in [0.3, 0.4) is 0 Å². The standard InChI is InChI=1S/C29H22ClN3/c30-27-15-6-5-13-24(27)26-16-21-18-32-29(33-28(21)25-14-4-3-12-23(25)26)31-17-20-10-7-9-19-8-1-2-11-22(19)20/h1-15,18,26H,16-17H2,(H,31,32,33). The van der Waals surface area contributed by atoms with E-state index in [2.05, 4.69) is 89.2 Å². The van der Waals surface area contributed by atoms with Crippen molar-refractivity contribution in [1.29, 1.82) is 0 Å². The summed E-state index contributed by atoms with van der Waals surface area (Å²) in [5, 5.41) is 6.73. The topological polar surface area (TPSA) is 37.8 Å². The Balaban J connectivity index is 1.34. The molecule has 1 aliphatic carbocycles. The smallest absolute Gasteiger partial charge is 0.223 e. The van der Waals surface area contributed by atoms with Crippen molar-refractivity contribution < 1.29 is 0 Å². The van der Waals surface area contributed by atoms with Gasteiger partial charge in [0.1, 0.15) is 0 Å². The van der Waals surface area contributed by atoms with Crippen molar-refractivity contribution in [2.24, 2.45) is 0 Å². The normalized spacial score (nSPS) is 14.5. The van der Waals surface area contributed by atoms with Crippen LogP contribution in [-0.2, 0) is 13.0 Å². The van der Waals surface area contributed by atoms with Crippen LogP contribution < -0.4 is 5.32 Å². The van der Waals surface area contributed by atoms with Crippen molar-refractivity contribution >= 4 is 28.3 Å². The van der Waals surface area contributed by atoms with E-state index in [1.54, 1.807) is 0 Å². The molecule has 0 amide bonds. The highest BCUT2D eigenvalue weighted by atomic mass is 35.5. The molecule has 6 rings (SSSR count). The average Bonchev–Trinajstić information content (AvgIpc) is 2.87. The van der Waals surface area contributed by atoms with Crippen molar-refractivity contribution in [3.8, 4) is 11.3 Å². The number of hydrogen-bond acceptors (Lipinski definition) is 3. The number of benzene rings is 4. The van der Waals surface area contributed by atoms with Gasteiger partial charge in [-0.3, -0.25) is 0 Å². The van der Waals surface area contributed by atoms with Gasteiger partial charge in [-0.25, -0.2) is 9.97 Å². The third kappa shape index (κ3) is 3.65. The van der Waals surface area contributed by atoms with Crippen LogP contribution in [0, 0.1) is 0 Å². The molecule has 1 atom stereocenters. The van der Waals surface area contributed by atoms with Crippen molar-refractivity contribution in [2.75, 3.05) is 5.32 Å². The van der Waals surface area contributed by atoms with E-state index in [0.717, 1.165) is 33.8 Å². The molecule has 160 valence electrons. The van der Waals surface area contributed by atoms with Gasteiger partial charge in [0.2, 0.25) is 5.95 Å². The number of halogens is 1. The maximum Gasteiger partial charge on any atom is 0.223 e. The third-order valence-electron chi connectivity index (χ3n) is 6.48. The molecule has 0 saturated heterocycles. The van der Waals surface area contributed by atoms with Gasteiger partial charge in [-0.1, -0.05) is 96.5 Å². The molecule has 0 fully saturated rings. The van der Waals surface area contributed by atoms with Gasteiger partial charge in [0.05, 0.1) is 5.69 Å². The number of hydrogen-bond donors (Lipinski definition) is 1. The number of aromatic nitrogens is 2. The molecule has 3 nitrogen and oxygen atoms in total. The van der Waals surface area contributed by atoms with Crippen LogP contribution in [0.15, 0.2) is 97.2 Å². The van der Waals surface area contributed by atoms with Crippen LogP contribution in [0.5, 0.6) is 0 Å². The van der Waals surface area contributed by atoms with Gasteiger partial charge < -0.3 is 5.32 Å². The Morgan fingerprint density at radius 3 is 2.48 bits per heavy atom. The van der Waals surface area contributed by atoms with E-state index in [0.29, 0.717) is 12.5 Å². The van der Waals surface area contributed by atoms with Gasteiger partial charge in [0.25, 0.3) is 0 Å². The minimum atomic E-state index is 0.195. The maximum absolute atomic E-state index is 6.58. The van der Waals surface area contributed by atoms with Crippen molar-refractivity contribution in [2.45, 2.75) is 18.9 Å². The first-order valence-corrected chi connectivity index (χ1v) is 11.6. The lowest BCUT2D eigenvalue weighted by Gasteiger charge is -2.28. The number of anilines is 1. The number of nitrogens with zero attached hydrogens (tertiary/aromatic N) is 2. The SMILES string of the molecule is Clc1ccccc1C1Cc2cnc(NCc3cccc4ccccc34)nc2-c2ccccc21. The summed E-state index contributed by atoms with van der Waals surface area (Å²) in [5.74, 6) is 0.841. The second-order valence-electron chi connectivity index (χ2n) is 8.42. The number of fused-ring (bicyclic) bond motifs is 4. The fourth-order valence-corrected chi connectivity index (χ4v) is 5.14. The molecule has 1 unspecified atom stereocenters. The van der Waals surface area contributed by atoms with Crippen molar-refractivity contribution in [1.82, 2.24) is 9.97 Å². The Hall–Kier alpha value is -3.69. The van der Waals surface area contributed by atoms with E-state index in [1.807, 2.05) is 18.3 Å². The van der Waals surface area contributed by atoms with Gasteiger partial charge in [-0.05, 0) is 45.5 Å². The molecular weight excluding hydrogens is 426 g/mol. The molecule has 1 heterocycles. The molecule has 0 spiro atoms. The number of rotatable bonds is 4. The summed E-state index contributed by atoms with van der Waals surface area (Å²) >= 11 is 6.58. The Labute approximate surface area is 198 Å². The monoisotopic (exact) mass is 447 g/mol. The van der Waals surface area contributed by atoms with Crippen LogP contribution >= 0.6 is 11.6 Å². The Bertz CT molecular complexity index is 1470. The highest BCUT2D eigenvalue weighted by Crippen LogP contribution is 2.43. The predicted octanol–water partition coefficient (Wildman–Crippen LogP) is 7.25. The summed E-state index contributed by atoms with van der Waals surface area (Å²) in [7, 11) is 0. The van der Waals surface area contributed by atoms with E-state index in [4.69, 9.17) is 16.6 Å². The molecule has 33 heavy (non-hydrogen) atoms. The minimum absolute atomic E-state index is 0.195. The zero-order chi connectivity index (χ0) is 22.2. The first-order chi connectivity index (χ1) is 16.3. The molecule has 5 aromatic rings. The van der Waals surface area contributed by atoms with Crippen LogP contribution in [0.25, 0.3) is 22.0 Å². The molecule has 0 radical (unpaired) electrons. The summed E-state index contributed by atoms with van der Waals surface area (Å²) in [5.41, 5.74) is 6.94. The lowest BCUT2D eigenvalue weighted by atomic mass is 9.78. The van der Waals surface area contributed by atoms with E-state index < -0.39 is 0 Å².